The van der Waals surface area contributed by atoms with Crippen LogP contribution in [0.3, 0.4) is 0 Å². The standard InChI is InChI=1S/C18H24N4O2/c1-5-13(4)21-18(23)15-10-20-17(11-19-15)22-14-8-6-7-9-16(14)24-12(2)3/h6-13H,5H2,1-4H3,(H,20,22)(H,21,23). The highest BCUT2D eigenvalue weighted by molar-refractivity contribution is 5.92. The van der Waals surface area contributed by atoms with Crippen molar-refractivity contribution in [1.29, 1.82) is 0 Å². The average Bonchev–Trinajstić information content (AvgIpc) is 2.56. The van der Waals surface area contributed by atoms with Crippen LogP contribution < -0.4 is 15.4 Å². The Bertz CT molecular complexity index is 671. The number of carbonyl (C=O) groups is 1. The fourth-order valence-electron chi connectivity index (χ4n) is 1.97. The van der Waals surface area contributed by atoms with Gasteiger partial charge in [0, 0.05) is 6.04 Å². The average molecular weight is 328 g/mol. The fraction of sp³-hybridized carbons (Fsp3) is 0.389. The van der Waals surface area contributed by atoms with Gasteiger partial charge in [-0.15, -0.1) is 0 Å². The van der Waals surface area contributed by atoms with Crippen LogP contribution in [0.4, 0.5) is 11.5 Å². The third-order valence-corrected chi connectivity index (χ3v) is 3.39. The molecule has 2 N–H and O–H groups in total. The molecule has 2 aromatic rings. The predicted molar refractivity (Wildman–Crippen MR) is 94.7 cm³/mol. The number of anilines is 2. The molecule has 0 aliphatic heterocycles. The molecular formula is C18H24N4O2. The molecule has 1 heterocycles. The molecule has 24 heavy (non-hydrogen) atoms. The number of aromatic nitrogens is 2. The van der Waals surface area contributed by atoms with Crippen molar-refractivity contribution in [2.45, 2.75) is 46.3 Å². The van der Waals surface area contributed by atoms with E-state index in [4.69, 9.17) is 4.74 Å². The molecule has 0 spiro atoms. The number of benzene rings is 1. The summed E-state index contributed by atoms with van der Waals surface area (Å²) in [4.78, 5) is 20.4. The molecule has 1 atom stereocenters. The van der Waals surface area contributed by atoms with Gasteiger partial charge in [-0.1, -0.05) is 19.1 Å². The van der Waals surface area contributed by atoms with Crippen molar-refractivity contribution in [1.82, 2.24) is 15.3 Å². The van der Waals surface area contributed by atoms with Gasteiger partial charge >= 0.3 is 0 Å². The van der Waals surface area contributed by atoms with Crippen molar-refractivity contribution in [2.24, 2.45) is 0 Å². The van der Waals surface area contributed by atoms with Gasteiger partial charge in [-0.25, -0.2) is 9.97 Å². The number of hydrogen-bond donors (Lipinski definition) is 2. The Balaban J connectivity index is 2.08. The van der Waals surface area contributed by atoms with Gasteiger partial charge in [-0.2, -0.15) is 0 Å². The Labute approximate surface area is 142 Å². The van der Waals surface area contributed by atoms with Crippen molar-refractivity contribution in [3.8, 4) is 5.75 Å². The van der Waals surface area contributed by atoms with E-state index in [-0.39, 0.29) is 18.1 Å². The molecule has 1 aromatic heterocycles. The normalized spacial score (nSPS) is 11.9. The summed E-state index contributed by atoms with van der Waals surface area (Å²) in [5.41, 5.74) is 1.10. The lowest BCUT2D eigenvalue weighted by molar-refractivity contribution is 0.0934. The lowest BCUT2D eigenvalue weighted by Gasteiger charge is -2.15. The van der Waals surface area contributed by atoms with Crippen molar-refractivity contribution in [2.75, 3.05) is 5.32 Å². The van der Waals surface area contributed by atoms with Crippen molar-refractivity contribution < 1.29 is 9.53 Å². The number of hydrogen-bond acceptors (Lipinski definition) is 5. The minimum Gasteiger partial charge on any atom is -0.489 e. The van der Waals surface area contributed by atoms with E-state index in [0.29, 0.717) is 11.5 Å². The zero-order chi connectivity index (χ0) is 17.5. The molecule has 0 bridgehead atoms. The second kappa shape index (κ2) is 8.29. The van der Waals surface area contributed by atoms with E-state index in [2.05, 4.69) is 20.6 Å². The van der Waals surface area contributed by atoms with Crippen LogP contribution in [-0.4, -0.2) is 28.0 Å². The number of rotatable bonds is 7. The van der Waals surface area contributed by atoms with E-state index in [0.717, 1.165) is 17.9 Å². The Hall–Kier alpha value is -2.63. The maximum atomic E-state index is 12.0. The molecule has 0 aliphatic rings. The lowest BCUT2D eigenvalue weighted by Crippen LogP contribution is -2.32. The predicted octanol–water partition coefficient (Wildman–Crippen LogP) is 3.54. The maximum absolute atomic E-state index is 12.0. The van der Waals surface area contributed by atoms with E-state index in [9.17, 15) is 4.79 Å². The fourth-order valence-corrected chi connectivity index (χ4v) is 1.97. The molecule has 6 heteroatoms. The second-order valence-electron chi connectivity index (χ2n) is 5.86. The SMILES string of the molecule is CCC(C)NC(=O)c1cnc(Nc2ccccc2OC(C)C)cn1. The second-order valence-corrected chi connectivity index (χ2v) is 5.86. The topological polar surface area (TPSA) is 76.1 Å². The summed E-state index contributed by atoms with van der Waals surface area (Å²) in [6.45, 7) is 7.91. The molecule has 6 nitrogen and oxygen atoms in total. The van der Waals surface area contributed by atoms with E-state index in [1.807, 2.05) is 52.0 Å². The number of para-hydroxylation sites is 2. The number of nitrogens with zero attached hydrogens (tertiary/aromatic N) is 2. The Morgan fingerprint density at radius 1 is 1.17 bits per heavy atom. The summed E-state index contributed by atoms with van der Waals surface area (Å²) in [6, 6.07) is 7.73. The molecule has 2 rings (SSSR count). The molecule has 0 saturated carbocycles. The first-order valence-electron chi connectivity index (χ1n) is 8.15. The van der Waals surface area contributed by atoms with E-state index in [1.165, 1.54) is 12.4 Å². The maximum Gasteiger partial charge on any atom is 0.271 e. The number of ether oxygens (including phenoxy) is 1. The third kappa shape index (κ3) is 4.94. The quantitative estimate of drug-likeness (QED) is 0.813. The van der Waals surface area contributed by atoms with Gasteiger partial charge in [0.2, 0.25) is 0 Å². The Morgan fingerprint density at radius 2 is 1.92 bits per heavy atom. The number of amides is 1. The van der Waals surface area contributed by atoms with Crippen molar-refractivity contribution in [3.05, 3.63) is 42.4 Å². The van der Waals surface area contributed by atoms with Crippen LogP contribution in [0.15, 0.2) is 36.7 Å². The highest BCUT2D eigenvalue weighted by Crippen LogP contribution is 2.27. The summed E-state index contributed by atoms with van der Waals surface area (Å²) >= 11 is 0. The molecule has 128 valence electrons. The van der Waals surface area contributed by atoms with Gasteiger partial charge in [-0.3, -0.25) is 4.79 Å². The molecular weight excluding hydrogens is 304 g/mol. The van der Waals surface area contributed by atoms with E-state index in [1.54, 1.807) is 0 Å². The zero-order valence-corrected chi connectivity index (χ0v) is 14.5. The summed E-state index contributed by atoms with van der Waals surface area (Å²) in [5, 5.41) is 6.03. The van der Waals surface area contributed by atoms with Crippen LogP contribution in [0.2, 0.25) is 0 Å². The minimum atomic E-state index is -0.216. The molecule has 0 saturated heterocycles. The first kappa shape index (κ1) is 17.7. The smallest absolute Gasteiger partial charge is 0.271 e. The molecule has 0 fully saturated rings. The Kier molecular flexibility index (Phi) is 6.12. The summed E-state index contributed by atoms with van der Waals surface area (Å²) in [7, 11) is 0. The van der Waals surface area contributed by atoms with Crippen LogP contribution >= 0.6 is 0 Å². The highest BCUT2D eigenvalue weighted by atomic mass is 16.5. The summed E-state index contributed by atoms with van der Waals surface area (Å²) < 4.78 is 5.76. The zero-order valence-electron chi connectivity index (χ0n) is 14.5. The van der Waals surface area contributed by atoms with E-state index >= 15 is 0 Å². The van der Waals surface area contributed by atoms with Crippen LogP contribution in [0.5, 0.6) is 5.75 Å². The van der Waals surface area contributed by atoms with Gasteiger partial charge in [-0.05, 0) is 39.3 Å². The molecule has 1 unspecified atom stereocenters. The van der Waals surface area contributed by atoms with Crippen molar-refractivity contribution in [3.63, 3.8) is 0 Å². The third-order valence-electron chi connectivity index (χ3n) is 3.39. The van der Waals surface area contributed by atoms with Crippen molar-refractivity contribution >= 4 is 17.4 Å². The largest absolute Gasteiger partial charge is 0.489 e. The Morgan fingerprint density at radius 3 is 2.54 bits per heavy atom. The minimum absolute atomic E-state index is 0.0747. The van der Waals surface area contributed by atoms with Gasteiger partial charge < -0.3 is 15.4 Å². The summed E-state index contributed by atoms with van der Waals surface area (Å²) in [5.74, 6) is 1.08. The monoisotopic (exact) mass is 328 g/mol. The number of carbonyl (C=O) groups excluding carboxylic acids is 1. The molecule has 0 radical (unpaired) electrons. The highest BCUT2D eigenvalue weighted by Gasteiger charge is 2.11. The van der Waals surface area contributed by atoms with Crippen LogP contribution in [0.1, 0.15) is 44.6 Å². The first-order chi connectivity index (χ1) is 11.5. The van der Waals surface area contributed by atoms with Crippen LogP contribution in [0.25, 0.3) is 0 Å². The van der Waals surface area contributed by atoms with Gasteiger partial charge in [0.05, 0.1) is 24.2 Å². The molecule has 0 aliphatic carbocycles. The van der Waals surface area contributed by atoms with Gasteiger partial charge in [0.1, 0.15) is 17.3 Å². The van der Waals surface area contributed by atoms with Gasteiger partial charge in [0.15, 0.2) is 0 Å². The van der Waals surface area contributed by atoms with E-state index < -0.39 is 0 Å². The molecule has 1 amide bonds. The lowest BCUT2D eigenvalue weighted by atomic mass is 10.2. The van der Waals surface area contributed by atoms with Gasteiger partial charge in [0.25, 0.3) is 5.91 Å². The van der Waals surface area contributed by atoms with Crippen LogP contribution in [0, 0.1) is 0 Å². The number of nitrogens with one attached hydrogen (secondary N) is 2. The first-order valence-corrected chi connectivity index (χ1v) is 8.15. The van der Waals surface area contributed by atoms with Crippen LogP contribution in [-0.2, 0) is 0 Å². The summed E-state index contributed by atoms with van der Waals surface area (Å²) in [6.07, 6.45) is 3.94. The molecule has 1 aromatic carbocycles.